The molecule has 1 heterocycles. The number of nitrogens with zero attached hydrogens (tertiary/aromatic N) is 3. The monoisotopic (exact) mass is 494 g/mol. The van der Waals surface area contributed by atoms with Gasteiger partial charge in [-0.1, -0.05) is 5.57 Å². The normalized spacial score (nSPS) is 24.6. The molecule has 0 saturated heterocycles. The molecule has 3 aromatic rings. The highest BCUT2D eigenvalue weighted by Gasteiger charge is 2.72. The van der Waals surface area contributed by atoms with Crippen LogP contribution in [-0.4, -0.2) is 47.3 Å². The number of anilines is 1. The Kier molecular flexibility index (Phi) is 4.97. The van der Waals surface area contributed by atoms with Gasteiger partial charge in [0.1, 0.15) is 5.82 Å². The van der Waals surface area contributed by atoms with E-state index in [1.807, 2.05) is 10.9 Å². The lowest BCUT2D eigenvalue weighted by atomic mass is 9.82. The van der Waals surface area contributed by atoms with Crippen molar-refractivity contribution in [3.05, 3.63) is 77.4 Å². The van der Waals surface area contributed by atoms with E-state index < -0.39 is 10.0 Å². The van der Waals surface area contributed by atoms with Gasteiger partial charge in [-0.2, -0.15) is 9.40 Å². The zero-order valence-electron chi connectivity index (χ0n) is 19.2. The first kappa shape index (κ1) is 22.5. The van der Waals surface area contributed by atoms with Crippen molar-refractivity contribution in [2.45, 2.75) is 30.6 Å². The molecule has 6 rings (SSSR count). The molecule has 1 spiro atoms. The van der Waals surface area contributed by atoms with Crippen molar-refractivity contribution in [3.63, 3.8) is 0 Å². The minimum atomic E-state index is -3.76. The van der Waals surface area contributed by atoms with E-state index in [2.05, 4.69) is 11.2 Å². The largest absolute Gasteiger partial charge is 0.399 e. The fourth-order valence-electron chi connectivity index (χ4n) is 6.27. The summed E-state index contributed by atoms with van der Waals surface area (Å²) < 4.78 is 43.6. The first-order valence-corrected chi connectivity index (χ1v) is 13.2. The highest BCUT2D eigenvalue weighted by atomic mass is 32.2. The third-order valence-electron chi connectivity index (χ3n) is 8.12. The lowest BCUT2D eigenvalue weighted by molar-refractivity contribution is 0.225. The Morgan fingerprint density at radius 2 is 1.89 bits per heavy atom. The second-order valence-corrected chi connectivity index (χ2v) is 11.9. The molecule has 2 atom stereocenters. The topological polar surface area (TPSA) is 101 Å². The number of aliphatic hydroxyl groups is 1. The zero-order valence-corrected chi connectivity index (χ0v) is 20.0. The van der Waals surface area contributed by atoms with Gasteiger partial charge in [-0.15, -0.1) is 0 Å². The molecule has 35 heavy (non-hydrogen) atoms. The van der Waals surface area contributed by atoms with Crippen molar-refractivity contribution in [1.82, 2.24) is 14.1 Å². The Hall–Kier alpha value is -3.01. The number of hydrogen-bond acceptors (Lipinski definition) is 5. The van der Waals surface area contributed by atoms with Gasteiger partial charge in [-0.3, -0.25) is 0 Å². The SMILES string of the molecule is Nc1ccc(S(=O)(=O)N(CCO)C[C@@]23CCC4=Cc5c(cnn5-c5ccc(F)cc5)C[C@@]42C3)cc1. The van der Waals surface area contributed by atoms with Crippen molar-refractivity contribution in [1.29, 1.82) is 0 Å². The number of allylic oxidation sites excluding steroid dienone is 1. The summed E-state index contributed by atoms with van der Waals surface area (Å²) in [5.74, 6) is -0.285. The van der Waals surface area contributed by atoms with E-state index in [0.717, 1.165) is 42.6 Å². The molecule has 3 N–H and O–H groups in total. The molecule has 2 saturated carbocycles. The lowest BCUT2D eigenvalue weighted by Gasteiger charge is -2.29. The summed E-state index contributed by atoms with van der Waals surface area (Å²) in [4.78, 5) is 0.187. The van der Waals surface area contributed by atoms with E-state index in [1.165, 1.54) is 34.1 Å². The number of benzene rings is 2. The van der Waals surface area contributed by atoms with Crippen molar-refractivity contribution in [2.75, 3.05) is 25.4 Å². The Balaban J connectivity index is 1.30. The molecule has 1 aromatic heterocycles. The summed E-state index contributed by atoms with van der Waals surface area (Å²) in [5, 5.41) is 14.3. The second kappa shape index (κ2) is 7.74. The maximum absolute atomic E-state index is 13.4. The van der Waals surface area contributed by atoms with Crippen LogP contribution in [0.15, 0.2) is 65.2 Å². The number of nitrogen functional groups attached to an aromatic ring is 1. The average Bonchev–Trinajstić information content (AvgIpc) is 3.10. The van der Waals surface area contributed by atoms with Crippen LogP contribution in [0.1, 0.15) is 30.5 Å². The summed E-state index contributed by atoms with van der Waals surface area (Å²) in [6.07, 6.45) is 7.62. The summed E-state index contributed by atoms with van der Waals surface area (Å²) in [5.41, 5.74) is 10.3. The van der Waals surface area contributed by atoms with Crippen LogP contribution in [0.5, 0.6) is 0 Å². The Labute approximate surface area is 203 Å². The van der Waals surface area contributed by atoms with Gasteiger partial charge < -0.3 is 10.8 Å². The van der Waals surface area contributed by atoms with E-state index in [1.54, 1.807) is 24.3 Å². The van der Waals surface area contributed by atoms with Gasteiger partial charge in [-0.05, 0) is 91.3 Å². The minimum absolute atomic E-state index is 0.0529. The van der Waals surface area contributed by atoms with Gasteiger partial charge in [-0.25, -0.2) is 17.5 Å². The van der Waals surface area contributed by atoms with Crippen LogP contribution in [0.2, 0.25) is 0 Å². The Morgan fingerprint density at radius 3 is 2.60 bits per heavy atom. The predicted molar refractivity (Wildman–Crippen MR) is 131 cm³/mol. The Morgan fingerprint density at radius 1 is 1.14 bits per heavy atom. The molecule has 9 heteroatoms. The first-order valence-electron chi connectivity index (χ1n) is 11.8. The maximum atomic E-state index is 13.4. The number of aliphatic hydroxyl groups excluding tert-OH is 1. The quantitative estimate of drug-likeness (QED) is 0.491. The predicted octanol–water partition coefficient (Wildman–Crippen LogP) is 3.39. The van der Waals surface area contributed by atoms with E-state index in [9.17, 15) is 17.9 Å². The molecule has 0 bridgehead atoms. The third-order valence-corrected chi connectivity index (χ3v) is 9.98. The summed E-state index contributed by atoms with van der Waals surface area (Å²) in [6, 6.07) is 12.5. The standard InChI is InChI=1S/C26H27FN4O3S/c27-20-1-5-22(6-2-20)31-24-13-19-9-10-25(16-26(19,25)14-18(24)15-29-31)17-30(11-12-32)35(33,34)23-7-3-21(28)4-8-23/h1-8,13,15,32H,9-12,14,16-17,28H2/t25-,26+/m0/s1. The van der Waals surface area contributed by atoms with Crippen molar-refractivity contribution in [3.8, 4) is 5.69 Å². The third kappa shape index (κ3) is 3.36. The molecule has 2 aromatic carbocycles. The number of sulfonamides is 1. The molecule has 0 aliphatic heterocycles. The highest BCUT2D eigenvalue weighted by molar-refractivity contribution is 7.89. The number of fused-ring (bicyclic) bond motifs is 1. The number of nitrogens with two attached hydrogens (primary N) is 1. The molecule has 3 aliphatic rings. The molecule has 2 fully saturated rings. The van der Waals surface area contributed by atoms with Crippen LogP contribution in [0, 0.1) is 16.6 Å². The van der Waals surface area contributed by atoms with Gasteiger partial charge >= 0.3 is 0 Å². The van der Waals surface area contributed by atoms with Gasteiger partial charge in [0, 0.05) is 24.2 Å². The van der Waals surface area contributed by atoms with Gasteiger partial charge in [0.2, 0.25) is 10.0 Å². The van der Waals surface area contributed by atoms with E-state index in [0.29, 0.717) is 12.2 Å². The van der Waals surface area contributed by atoms with Gasteiger partial charge in [0.15, 0.2) is 0 Å². The minimum Gasteiger partial charge on any atom is -0.399 e. The van der Waals surface area contributed by atoms with Gasteiger partial charge in [0.05, 0.1) is 29.1 Å². The summed E-state index contributed by atoms with van der Waals surface area (Å²) in [7, 11) is -3.76. The highest BCUT2D eigenvalue weighted by Crippen LogP contribution is 2.78. The summed E-state index contributed by atoms with van der Waals surface area (Å²) >= 11 is 0. The molecule has 0 amide bonds. The molecular formula is C26H27FN4O3S. The number of halogens is 1. The zero-order chi connectivity index (χ0) is 24.4. The molecule has 182 valence electrons. The van der Waals surface area contributed by atoms with Crippen LogP contribution < -0.4 is 5.73 Å². The smallest absolute Gasteiger partial charge is 0.243 e. The fraction of sp³-hybridized carbons (Fsp3) is 0.346. The molecule has 3 aliphatic carbocycles. The van der Waals surface area contributed by atoms with Gasteiger partial charge in [0.25, 0.3) is 0 Å². The average molecular weight is 495 g/mol. The van der Waals surface area contributed by atoms with Crippen LogP contribution in [0.3, 0.4) is 0 Å². The Bertz CT molecular complexity index is 1430. The molecular weight excluding hydrogens is 467 g/mol. The van der Waals surface area contributed by atoms with Crippen LogP contribution >= 0.6 is 0 Å². The van der Waals surface area contributed by atoms with Crippen LogP contribution in [-0.2, 0) is 16.4 Å². The number of hydrogen-bond donors (Lipinski definition) is 2. The molecule has 0 unspecified atom stereocenters. The molecule has 0 radical (unpaired) electrons. The van der Waals surface area contributed by atoms with Crippen molar-refractivity contribution in [2.24, 2.45) is 10.8 Å². The van der Waals surface area contributed by atoms with E-state index >= 15 is 0 Å². The number of aromatic nitrogens is 2. The van der Waals surface area contributed by atoms with Crippen molar-refractivity contribution >= 4 is 21.8 Å². The second-order valence-electron chi connectivity index (χ2n) is 9.96. The van der Waals surface area contributed by atoms with E-state index in [-0.39, 0.29) is 34.7 Å². The lowest BCUT2D eigenvalue weighted by Crippen LogP contribution is -2.39. The van der Waals surface area contributed by atoms with Crippen LogP contribution in [0.25, 0.3) is 11.8 Å². The van der Waals surface area contributed by atoms with E-state index in [4.69, 9.17) is 5.73 Å². The van der Waals surface area contributed by atoms with Crippen LogP contribution in [0.4, 0.5) is 10.1 Å². The summed E-state index contributed by atoms with van der Waals surface area (Å²) in [6.45, 7) is 0.185. The number of rotatable bonds is 7. The maximum Gasteiger partial charge on any atom is 0.243 e. The molecule has 7 nitrogen and oxygen atoms in total. The fourth-order valence-corrected chi connectivity index (χ4v) is 7.79. The first-order chi connectivity index (χ1) is 16.8. The van der Waals surface area contributed by atoms with Crippen molar-refractivity contribution < 1.29 is 17.9 Å².